The molecule has 1 radical (unpaired) electrons. The highest BCUT2D eigenvalue weighted by molar-refractivity contribution is 5.79. The summed E-state index contributed by atoms with van der Waals surface area (Å²) >= 11 is 0. The Morgan fingerprint density at radius 2 is 1.71 bits per heavy atom. The van der Waals surface area contributed by atoms with Crippen molar-refractivity contribution in [3.63, 3.8) is 0 Å². The zero-order chi connectivity index (χ0) is 15.2. The van der Waals surface area contributed by atoms with Gasteiger partial charge in [-0.1, -0.05) is 18.2 Å². The van der Waals surface area contributed by atoms with Crippen LogP contribution in [0.15, 0.2) is 30.3 Å². The zero-order valence-corrected chi connectivity index (χ0v) is 11.7. The lowest BCUT2D eigenvalue weighted by Gasteiger charge is -2.16. The molecule has 0 aromatic heterocycles. The van der Waals surface area contributed by atoms with Crippen molar-refractivity contribution in [2.75, 3.05) is 0 Å². The summed E-state index contributed by atoms with van der Waals surface area (Å²) in [6, 6.07) is 8.06. The average molecular weight is 291 g/mol. The van der Waals surface area contributed by atoms with E-state index in [0.717, 1.165) is 16.7 Å². The Morgan fingerprint density at radius 1 is 1.05 bits per heavy atom. The first-order valence-corrected chi connectivity index (χ1v) is 6.67. The molecule has 0 amide bonds. The monoisotopic (exact) mass is 291 g/mol. The van der Waals surface area contributed by atoms with Gasteiger partial charge in [-0.3, -0.25) is 0 Å². The number of rotatable bonds is 1. The van der Waals surface area contributed by atoms with Gasteiger partial charge < -0.3 is 4.74 Å². The summed E-state index contributed by atoms with van der Waals surface area (Å²) in [6.07, 6.45) is -3.96. The standard InChI is InChI=1S/C17H14F3O/c1-10-4-3-5-11(2)15(10)14-9-13(17(18,19)20)8-12-6-7-21-16(12)14/h3-5,7-9H,6H2,1-2H3. The first-order valence-electron chi connectivity index (χ1n) is 6.67. The van der Waals surface area contributed by atoms with Crippen LogP contribution in [0.2, 0.25) is 0 Å². The fraction of sp³-hybridized carbons (Fsp3) is 0.235. The summed E-state index contributed by atoms with van der Waals surface area (Å²) in [5.41, 5.74) is 3.17. The van der Waals surface area contributed by atoms with Gasteiger partial charge in [0, 0.05) is 12.0 Å². The molecule has 1 aliphatic rings. The summed E-state index contributed by atoms with van der Waals surface area (Å²) in [7, 11) is 0. The molecule has 21 heavy (non-hydrogen) atoms. The first kappa shape index (κ1) is 14.0. The highest BCUT2D eigenvalue weighted by atomic mass is 19.4. The predicted octanol–water partition coefficient (Wildman–Crippen LogP) is 5.09. The molecule has 0 saturated carbocycles. The average Bonchev–Trinajstić information content (AvgIpc) is 2.85. The van der Waals surface area contributed by atoms with Crippen LogP contribution in [0.4, 0.5) is 13.2 Å². The molecule has 0 atom stereocenters. The van der Waals surface area contributed by atoms with Crippen molar-refractivity contribution in [1.82, 2.24) is 0 Å². The van der Waals surface area contributed by atoms with Crippen molar-refractivity contribution in [1.29, 1.82) is 0 Å². The fourth-order valence-corrected chi connectivity index (χ4v) is 2.78. The molecule has 109 valence electrons. The maximum Gasteiger partial charge on any atom is 0.416 e. The topological polar surface area (TPSA) is 9.23 Å². The second kappa shape index (κ2) is 4.79. The maximum absolute atomic E-state index is 13.1. The lowest BCUT2D eigenvalue weighted by atomic mass is 9.92. The largest absolute Gasteiger partial charge is 0.485 e. The Bertz CT molecular complexity index is 682. The molecule has 0 N–H and O–H groups in total. The zero-order valence-electron chi connectivity index (χ0n) is 11.7. The molecule has 1 nitrogen and oxygen atoms in total. The van der Waals surface area contributed by atoms with Crippen LogP contribution in [0.25, 0.3) is 11.1 Å². The molecule has 0 aliphatic carbocycles. The number of ether oxygens (including phenoxy) is 1. The predicted molar refractivity (Wildman–Crippen MR) is 75.0 cm³/mol. The summed E-state index contributed by atoms with van der Waals surface area (Å²) in [6.45, 7) is 5.34. The van der Waals surface area contributed by atoms with Crippen molar-refractivity contribution >= 4 is 0 Å². The van der Waals surface area contributed by atoms with Gasteiger partial charge in [-0.25, -0.2) is 0 Å². The van der Waals surface area contributed by atoms with Crippen molar-refractivity contribution in [3.05, 3.63) is 59.2 Å². The van der Waals surface area contributed by atoms with Crippen molar-refractivity contribution < 1.29 is 17.9 Å². The molecule has 1 heterocycles. The van der Waals surface area contributed by atoms with Gasteiger partial charge in [0.1, 0.15) is 12.4 Å². The van der Waals surface area contributed by atoms with Gasteiger partial charge in [-0.05, 0) is 48.2 Å². The number of halogens is 3. The van der Waals surface area contributed by atoms with Crippen LogP contribution in [-0.4, -0.2) is 0 Å². The van der Waals surface area contributed by atoms with Crippen LogP contribution >= 0.6 is 0 Å². The summed E-state index contributed by atoms with van der Waals surface area (Å²) in [5.74, 6) is 0.542. The SMILES string of the molecule is Cc1cccc(C)c1-c1cc(C(F)(F)F)cc2c1O[CH]C2. The number of hydrogen-bond acceptors (Lipinski definition) is 1. The number of fused-ring (bicyclic) bond motifs is 1. The van der Waals surface area contributed by atoms with E-state index in [1.165, 1.54) is 12.1 Å². The second-order valence-electron chi connectivity index (χ2n) is 5.27. The number of aryl methyl sites for hydroxylation is 2. The Hall–Kier alpha value is -1.97. The lowest BCUT2D eigenvalue weighted by Crippen LogP contribution is -2.06. The Morgan fingerprint density at radius 3 is 2.33 bits per heavy atom. The molecule has 2 aromatic rings. The van der Waals surface area contributed by atoms with Crippen LogP contribution < -0.4 is 4.74 Å². The van der Waals surface area contributed by atoms with Crippen LogP contribution in [0.5, 0.6) is 5.75 Å². The third kappa shape index (κ3) is 2.39. The number of alkyl halides is 3. The Kier molecular flexibility index (Phi) is 3.19. The minimum Gasteiger partial charge on any atom is -0.485 e. The molecule has 2 aromatic carbocycles. The van der Waals surface area contributed by atoms with Gasteiger partial charge in [-0.2, -0.15) is 13.2 Å². The highest BCUT2D eigenvalue weighted by Crippen LogP contribution is 2.44. The van der Waals surface area contributed by atoms with E-state index in [4.69, 9.17) is 4.74 Å². The molecule has 4 heteroatoms. The molecule has 0 spiro atoms. The number of benzene rings is 2. The molecular weight excluding hydrogens is 277 g/mol. The van der Waals surface area contributed by atoms with E-state index in [2.05, 4.69) is 0 Å². The van der Waals surface area contributed by atoms with Gasteiger partial charge in [0.15, 0.2) is 0 Å². The minimum atomic E-state index is -4.36. The normalized spacial score (nSPS) is 14.0. The maximum atomic E-state index is 13.1. The minimum absolute atomic E-state index is 0.400. The van der Waals surface area contributed by atoms with E-state index in [9.17, 15) is 13.2 Å². The van der Waals surface area contributed by atoms with E-state index < -0.39 is 11.7 Å². The van der Waals surface area contributed by atoms with Crippen molar-refractivity contribution in [2.24, 2.45) is 0 Å². The molecule has 1 aliphatic heterocycles. The summed E-state index contributed by atoms with van der Waals surface area (Å²) in [5, 5.41) is 0. The van der Waals surface area contributed by atoms with Crippen LogP contribution in [0.1, 0.15) is 22.3 Å². The van der Waals surface area contributed by atoms with E-state index in [1.54, 1.807) is 6.61 Å². The van der Waals surface area contributed by atoms with Gasteiger partial charge in [-0.15, -0.1) is 0 Å². The molecular formula is C17H14F3O. The van der Waals surface area contributed by atoms with Crippen molar-refractivity contribution in [3.8, 4) is 16.9 Å². The summed E-state index contributed by atoms with van der Waals surface area (Å²) in [4.78, 5) is 0. The molecule has 0 bridgehead atoms. The van der Waals surface area contributed by atoms with Crippen LogP contribution in [-0.2, 0) is 12.6 Å². The van der Waals surface area contributed by atoms with Gasteiger partial charge in [0.25, 0.3) is 0 Å². The smallest absolute Gasteiger partial charge is 0.416 e. The van der Waals surface area contributed by atoms with Gasteiger partial charge in [0.2, 0.25) is 0 Å². The van der Waals surface area contributed by atoms with E-state index in [-0.39, 0.29) is 0 Å². The quantitative estimate of drug-likeness (QED) is 0.711. The van der Waals surface area contributed by atoms with Crippen molar-refractivity contribution in [2.45, 2.75) is 26.4 Å². The van der Waals surface area contributed by atoms with Gasteiger partial charge in [0.05, 0.1) is 5.56 Å². The fourth-order valence-electron chi connectivity index (χ4n) is 2.78. The van der Waals surface area contributed by atoms with E-state index in [0.29, 0.717) is 23.3 Å². The Balaban J connectivity index is 2.30. The lowest BCUT2D eigenvalue weighted by molar-refractivity contribution is -0.137. The Labute approximate surface area is 121 Å². The van der Waals surface area contributed by atoms with E-state index in [1.807, 2.05) is 32.0 Å². The van der Waals surface area contributed by atoms with E-state index >= 15 is 0 Å². The second-order valence-corrected chi connectivity index (χ2v) is 5.27. The third-order valence-electron chi connectivity index (χ3n) is 3.75. The first-order chi connectivity index (χ1) is 9.88. The molecule has 0 saturated heterocycles. The third-order valence-corrected chi connectivity index (χ3v) is 3.75. The van der Waals surface area contributed by atoms with Gasteiger partial charge >= 0.3 is 6.18 Å². The van der Waals surface area contributed by atoms with Crippen LogP contribution in [0, 0.1) is 20.5 Å². The molecule has 3 rings (SSSR count). The number of hydrogen-bond donors (Lipinski definition) is 0. The highest BCUT2D eigenvalue weighted by Gasteiger charge is 2.34. The molecule has 0 fully saturated rings. The molecule has 0 unspecified atom stereocenters. The summed E-state index contributed by atoms with van der Waals surface area (Å²) < 4.78 is 44.8. The van der Waals surface area contributed by atoms with Crippen LogP contribution in [0.3, 0.4) is 0 Å².